The summed E-state index contributed by atoms with van der Waals surface area (Å²) in [7, 11) is 1.57. The maximum Gasteiger partial charge on any atom is 0.271 e. The number of methoxy groups -OCH3 is 1. The van der Waals surface area contributed by atoms with Crippen LogP contribution >= 0.6 is 0 Å². The largest absolute Gasteiger partial charge is 0.496 e. The zero-order valence-corrected chi connectivity index (χ0v) is 21.3. The molecule has 1 saturated heterocycles. The fourth-order valence-electron chi connectivity index (χ4n) is 5.26. The van der Waals surface area contributed by atoms with Crippen molar-refractivity contribution in [1.82, 2.24) is 15.2 Å². The highest BCUT2D eigenvalue weighted by Gasteiger charge is 2.43. The molecule has 1 saturated carbocycles. The molecule has 2 heterocycles. The number of benzene rings is 1. The van der Waals surface area contributed by atoms with Crippen LogP contribution in [0.5, 0.6) is 5.75 Å². The normalized spacial score (nSPS) is 23.0. The molecule has 36 heavy (non-hydrogen) atoms. The molecule has 4 unspecified atom stereocenters. The van der Waals surface area contributed by atoms with E-state index in [1.165, 1.54) is 4.90 Å². The number of nitrogens with zero attached hydrogens (tertiary/aromatic N) is 2. The number of hydrogen-bond acceptors (Lipinski definition) is 6. The number of likely N-dealkylation sites (tertiary alicyclic amines) is 1. The predicted octanol–water partition coefficient (Wildman–Crippen LogP) is 3.34. The molecule has 2 fully saturated rings. The summed E-state index contributed by atoms with van der Waals surface area (Å²) in [6.45, 7) is 6.04. The lowest BCUT2D eigenvalue weighted by molar-refractivity contribution is -0.126. The number of carbonyl (C=O) groups excluding carboxylic acids is 3. The highest BCUT2D eigenvalue weighted by Crippen LogP contribution is 2.30. The van der Waals surface area contributed by atoms with Gasteiger partial charge >= 0.3 is 0 Å². The van der Waals surface area contributed by atoms with Crippen LogP contribution in [-0.4, -0.2) is 64.9 Å². The second-order valence-corrected chi connectivity index (χ2v) is 10.6. The molecule has 0 spiro atoms. The van der Waals surface area contributed by atoms with Crippen LogP contribution in [0.4, 0.5) is 0 Å². The molecular weight excluding hydrogens is 460 g/mol. The first-order valence-corrected chi connectivity index (χ1v) is 12.5. The molecule has 1 aromatic heterocycles. The lowest BCUT2D eigenvalue weighted by Crippen LogP contribution is -2.49. The first-order chi connectivity index (χ1) is 17.1. The number of fused-ring (bicyclic) bond motifs is 1. The molecule has 2 aliphatic rings. The van der Waals surface area contributed by atoms with E-state index >= 15 is 0 Å². The van der Waals surface area contributed by atoms with Crippen LogP contribution in [0.3, 0.4) is 0 Å². The third-order valence-electron chi connectivity index (χ3n) is 6.84. The molecule has 2 N–H and O–H groups in total. The smallest absolute Gasteiger partial charge is 0.271 e. The number of rotatable bonds is 7. The van der Waals surface area contributed by atoms with E-state index in [1.807, 2.05) is 39.0 Å². The topological polar surface area (TPSA) is 125 Å². The first-order valence-electron chi connectivity index (χ1n) is 12.5. The molecule has 0 bridgehead atoms. The van der Waals surface area contributed by atoms with E-state index in [1.54, 1.807) is 13.2 Å². The fraction of sp³-hybridized carbons (Fsp3) is 0.556. The van der Waals surface area contributed by atoms with E-state index in [2.05, 4.69) is 16.4 Å². The first kappa shape index (κ1) is 25.7. The maximum atomic E-state index is 13.6. The summed E-state index contributed by atoms with van der Waals surface area (Å²) in [5.74, 6) is -0.141. The molecule has 4 atom stereocenters. The molecule has 1 aliphatic heterocycles. The van der Waals surface area contributed by atoms with Gasteiger partial charge in [-0.1, -0.05) is 6.07 Å². The van der Waals surface area contributed by atoms with Gasteiger partial charge < -0.3 is 24.7 Å². The Kier molecular flexibility index (Phi) is 7.36. The number of nitriles is 1. The Labute approximate surface area is 211 Å². The average Bonchev–Trinajstić information content (AvgIpc) is 3.55. The van der Waals surface area contributed by atoms with Crippen LogP contribution in [0.2, 0.25) is 0 Å². The van der Waals surface area contributed by atoms with Crippen LogP contribution in [-0.2, 0) is 14.3 Å². The monoisotopic (exact) mass is 494 g/mol. The third-order valence-corrected chi connectivity index (χ3v) is 6.84. The van der Waals surface area contributed by atoms with Crippen LogP contribution in [0, 0.1) is 17.2 Å². The minimum Gasteiger partial charge on any atom is -0.496 e. The number of H-pyrrole nitrogens is 1. The van der Waals surface area contributed by atoms with E-state index in [0.29, 0.717) is 30.7 Å². The number of nitrogens with one attached hydrogen (secondary N) is 2. The zero-order valence-electron chi connectivity index (χ0n) is 21.3. The summed E-state index contributed by atoms with van der Waals surface area (Å²) in [5, 5.41) is 13.2. The molecule has 0 radical (unpaired) electrons. The van der Waals surface area contributed by atoms with Gasteiger partial charge in [-0.2, -0.15) is 5.26 Å². The molecule has 2 amide bonds. The highest BCUT2D eigenvalue weighted by molar-refractivity contribution is 6.01. The van der Waals surface area contributed by atoms with Crippen molar-refractivity contribution in [3.8, 4) is 11.8 Å². The Morgan fingerprint density at radius 2 is 2.11 bits per heavy atom. The van der Waals surface area contributed by atoms with Crippen molar-refractivity contribution in [1.29, 1.82) is 5.26 Å². The van der Waals surface area contributed by atoms with Crippen molar-refractivity contribution in [2.45, 2.75) is 76.7 Å². The standard InChI is InChI=1S/C27H34N4O5/c1-27(2,3)36-18-12-22(25(33)29-17(14-28)11-16-7-5-9-23(16)32)31(15-18)26(34)21-13-19-20(30-21)8-6-10-24(19)35-4/h6,8,10,13,16-18,22,30H,5,7,9,11-12,15H2,1-4H3,(H,29,33). The Morgan fingerprint density at radius 3 is 2.75 bits per heavy atom. The SMILES string of the molecule is COc1cccc2[nH]c(C(=O)N3CC(OC(C)(C)C)CC3C(=O)NC(C#N)CC3CCCC3=O)cc12. The van der Waals surface area contributed by atoms with Gasteiger partial charge in [-0.3, -0.25) is 14.4 Å². The second-order valence-electron chi connectivity index (χ2n) is 10.6. The average molecular weight is 495 g/mol. The fourth-order valence-corrected chi connectivity index (χ4v) is 5.26. The number of ether oxygens (including phenoxy) is 2. The van der Waals surface area contributed by atoms with E-state index < -0.39 is 23.6 Å². The minimum absolute atomic E-state index is 0.148. The molecule has 192 valence electrons. The van der Waals surface area contributed by atoms with E-state index in [9.17, 15) is 19.6 Å². The molecule has 9 nitrogen and oxygen atoms in total. The summed E-state index contributed by atoms with van der Waals surface area (Å²) in [5.41, 5.74) is 0.653. The Balaban J connectivity index is 1.55. The van der Waals surface area contributed by atoms with Crippen molar-refractivity contribution >= 4 is 28.5 Å². The Bertz CT molecular complexity index is 1190. The van der Waals surface area contributed by atoms with Crippen molar-refractivity contribution < 1.29 is 23.9 Å². The number of aromatic amines is 1. The maximum absolute atomic E-state index is 13.6. The van der Waals surface area contributed by atoms with E-state index in [4.69, 9.17) is 9.47 Å². The van der Waals surface area contributed by atoms with Crippen molar-refractivity contribution in [2.24, 2.45) is 5.92 Å². The van der Waals surface area contributed by atoms with Gasteiger partial charge in [0.05, 0.1) is 24.9 Å². The molecule has 1 aromatic carbocycles. The zero-order chi connectivity index (χ0) is 26.0. The second kappa shape index (κ2) is 10.3. The van der Waals surface area contributed by atoms with Crippen LogP contribution in [0.25, 0.3) is 10.9 Å². The van der Waals surface area contributed by atoms with Gasteiger partial charge in [0.25, 0.3) is 5.91 Å². The molecule has 9 heteroatoms. The van der Waals surface area contributed by atoms with Crippen LogP contribution in [0.1, 0.15) is 63.4 Å². The number of Topliss-reactive ketones (excluding diaryl/α,β-unsaturated/α-hetero) is 1. The van der Waals surface area contributed by atoms with Gasteiger partial charge in [-0.25, -0.2) is 0 Å². The van der Waals surface area contributed by atoms with Crippen LogP contribution < -0.4 is 10.1 Å². The quantitative estimate of drug-likeness (QED) is 0.608. The summed E-state index contributed by atoms with van der Waals surface area (Å²) >= 11 is 0. The summed E-state index contributed by atoms with van der Waals surface area (Å²) < 4.78 is 11.5. The van der Waals surface area contributed by atoms with Crippen molar-refractivity contribution in [3.05, 3.63) is 30.0 Å². The summed E-state index contributed by atoms with van der Waals surface area (Å²) in [4.78, 5) is 43.7. The van der Waals surface area contributed by atoms with E-state index in [0.717, 1.165) is 23.7 Å². The molecule has 1 aliphatic carbocycles. The van der Waals surface area contributed by atoms with Gasteiger partial charge in [0, 0.05) is 36.2 Å². The molecule has 4 rings (SSSR count). The predicted molar refractivity (Wildman–Crippen MR) is 133 cm³/mol. The Morgan fingerprint density at radius 1 is 1.33 bits per heavy atom. The lowest BCUT2D eigenvalue weighted by atomic mass is 9.98. The highest BCUT2D eigenvalue weighted by atomic mass is 16.5. The van der Waals surface area contributed by atoms with Crippen molar-refractivity contribution in [2.75, 3.05) is 13.7 Å². The van der Waals surface area contributed by atoms with Gasteiger partial charge in [0.2, 0.25) is 5.91 Å². The van der Waals surface area contributed by atoms with Gasteiger partial charge in [0.15, 0.2) is 0 Å². The minimum atomic E-state index is -0.798. The van der Waals surface area contributed by atoms with Crippen LogP contribution in [0.15, 0.2) is 24.3 Å². The summed E-state index contributed by atoms with van der Waals surface area (Å²) in [6, 6.07) is 7.77. The number of ketones is 1. The number of aromatic nitrogens is 1. The molecular formula is C27H34N4O5. The number of hydrogen-bond donors (Lipinski definition) is 2. The lowest BCUT2D eigenvalue weighted by Gasteiger charge is -2.25. The van der Waals surface area contributed by atoms with Gasteiger partial charge in [0.1, 0.15) is 29.3 Å². The Hall–Kier alpha value is -3.38. The number of amides is 2. The van der Waals surface area contributed by atoms with E-state index in [-0.39, 0.29) is 30.3 Å². The summed E-state index contributed by atoms with van der Waals surface area (Å²) in [6.07, 6.45) is 2.38. The number of carbonyl (C=O) groups is 3. The van der Waals surface area contributed by atoms with Gasteiger partial charge in [-0.15, -0.1) is 0 Å². The molecule has 2 aromatic rings. The van der Waals surface area contributed by atoms with Crippen molar-refractivity contribution in [3.63, 3.8) is 0 Å². The van der Waals surface area contributed by atoms with Gasteiger partial charge in [-0.05, 0) is 58.2 Å². The third kappa shape index (κ3) is 5.54.